The van der Waals surface area contributed by atoms with Crippen LogP contribution in [0, 0.1) is 13.8 Å². The maximum Gasteiger partial charge on any atom is 0.278 e. The predicted octanol–water partition coefficient (Wildman–Crippen LogP) is 4.47. The molecule has 2 aromatic rings. The Balaban J connectivity index is 2.05. The van der Waals surface area contributed by atoms with Gasteiger partial charge in [0.1, 0.15) is 11.4 Å². The normalized spacial score (nSPS) is 13.8. The number of nitrogens with zero attached hydrogens (tertiary/aromatic N) is 1. The number of anilines is 1. The Morgan fingerprint density at radius 3 is 2.59 bits per heavy atom. The van der Waals surface area contributed by atoms with E-state index in [1.165, 1.54) is 4.90 Å². The zero-order valence-corrected chi connectivity index (χ0v) is 17.1. The van der Waals surface area contributed by atoms with Crippen molar-refractivity contribution in [2.24, 2.45) is 0 Å². The van der Waals surface area contributed by atoms with Crippen LogP contribution >= 0.6 is 0 Å². The molecular formula is C24H26N2O3. The number of imide groups is 1. The van der Waals surface area contributed by atoms with Crippen molar-refractivity contribution < 1.29 is 14.3 Å². The van der Waals surface area contributed by atoms with Crippen LogP contribution in [0.5, 0.6) is 5.75 Å². The van der Waals surface area contributed by atoms with Crippen LogP contribution in [0.2, 0.25) is 0 Å². The maximum absolute atomic E-state index is 13.1. The third-order valence-corrected chi connectivity index (χ3v) is 4.71. The molecule has 5 nitrogen and oxygen atoms in total. The van der Waals surface area contributed by atoms with E-state index >= 15 is 0 Å². The summed E-state index contributed by atoms with van der Waals surface area (Å²) in [5, 5.41) is 3.17. The third-order valence-electron chi connectivity index (χ3n) is 4.71. The Morgan fingerprint density at radius 1 is 1.10 bits per heavy atom. The Labute approximate surface area is 171 Å². The third kappa shape index (κ3) is 4.24. The number of amides is 2. The Bertz CT molecular complexity index is 991. The summed E-state index contributed by atoms with van der Waals surface area (Å²) in [5.74, 6) is 0.0396. The molecule has 3 rings (SSSR count). The highest BCUT2D eigenvalue weighted by Gasteiger charge is 2.39. The van der Waals surface area contributed by atoms with Crippen LogP contribution in [-0.4, -0.2) is 29.9 Å². The summed E-state index contributed by atoms with van der Waals surface area (Å²) in [4.78, 5) is 27.3. The topological polar surface area (TPSA) is 58.6 Å². The van der Waals surface area contributed by atoms with Crippen molar-refractivity contribution in [3.8, 4) is 5.75 Å². The van der Waals surface area contributed by atoms with Crippen molar-refractivity contribution in [1.82, 2.24) is 4.90 Å². The fourth-order valence-electron chi connectivity index (χ4n) is 3.36. The van der Waals surface area contributed by atoms with Gasteiger partial charge in [-0.3, -0.25) is 14.5 Å². The monoisotopic (exact) mass is 390 g/mol. The van der Waals surface area contributed by atoms with Crippen LogP contribution in [0.25, 0.3) is 5.57 Å². The van der Waals surface area contributed by atoms with Gasteiger partial charge in [-0.2, -0.15) is 0 Å². The highest BCUT2D eigenvalue weighted by Crippen LogP contribution is 2.33. The highest BCUT2D eigenvalue weighted by molar-refractivity contribution is 6.36. The predicted molar refractivity (Wildman–Crippen MR) is 116 cm³/mol. The lowest BCUT2D eigenvalue weighted by Gasteiger charge is -2.13. The van der Waals surface area contributed by atoms with Gasteiger partial charge in [0.05, 0.1) is 12.2 Å². The van der Waals surface area contributed by atoms with Crippen molar-refractivity contribution in [2.45, 2.75) is 27.2 Å². The van der Waals surface area contributed by atoms with Crippen molar-refractivity contribution in [2.75, 3.05) is 18.5 Å². The number of rotatable bonds is 8. The van der Waals surface area contributed by atoms with Gasteiger partial charge in [-0.15, -0.1) is 6.58 Å². The first-order valence-corrected chi connectivity index (χ1v) is 9.75. The maximum atomic E-state index is 13.1. The van der Waals surface area contributed by atoms with Gasteiger partial charge in [-0.05, 0) is 43.5 Å². The number of hydrogen-bond donors (Lipinski definition) is 1. The van der Waals surface area contributed by atoms with Crippen molar-refractivity contribution in [3.05, 3.63) is 77.5 Å². The summed E-state index contributed by atoms with van der Waals surface area (Å²) < 4.78 is 5.68. The number of hydrogen-bond acceptors (Lipinski definition) is 4. The van der Waals surface area contributed by atoms with Crippen LogP contribution in [0.15, 0.2) is 60.8 Å². The Hall–Kier alpha value is -3.34. The first-order valence-electron chi connectivity index (χ1n) is 9.75. The number of ether oxygens (including phenoxy) is 1. The minimum absolute atomic E-state index is 0.164. The molecule has 0 saturated heterocycles. The fraction of sp³-hybridized carbons (Fsp3) is 0.250. The van der Waals surface area contributed by atoms with Gasteiger partial charge >= 0.3 is 0 Å². The summed E-state index contributed by atoms with van der Waals surface area (Å²) in [5.41, 5.74) is 4.15. The van der Waals surface area contributed by atoms with Crippen LogP contribution in [-0.2, 0) is 9.59 Å². The second-order valence-electron chi connectivity index (χ2n) is 7.08. The van der Waals surface area contributed by atoms with E-state index in [9.17, 15) is 9.59 Å². The number of nitrogens with one attached hydrogen (secondary N) is 1. The Kier molecular flexibility index (Phi) is 6.17. The molecule has 29 heavy (non-hydrogen) atoms. The molecule has 0 fully saturated rings. The largest absolute Gasteiger partial charge is 0.494 e. The molecule has 0 aromatic heterocycles. The molecule has 5 heteroatoms. The fourth-order valence-corrected chi connectivity index (χ4v) is 3.36. The van der Waals surface area contributed by atoms with E-state index in [0.717, 1.165) is 23.1 Å². The van der Waals surface area contributed by atoms with Gasteiger partial charge in [0.15, 0.2) is 0 Å². The lowest BCUT2D eigenvalue weighted by molar-refractivity contribution is -0.136. The van der Waals surface area contributed by atoms with Crippen molar-refractivity contribution >= 4 is 23.1 Å². The zero-order chi connectivity index (χ0) is 21.0. The zero-order valence-electron chi connectivity index (χ0n) is 17.1. The van der Waals surface area contributed by atoms with Gasteiger partial charge in [0.25, 0.3) is 11.8 Å². The van der Waals surface area contributed by atoms with Crippen molar-refractivity contribution in [1.29, 1.82) is 0 Å². The summed E-state index contributed by atoms with van der Waals surface area (Å²) in [7, 11) is 0. The van der Waals surface area contributed by atoms with Gasteiger partial charge in [-0.25, -0.2) is 0 Å². The molecule has 1 N–H and O–H groups in total. The SMILES string of the molecule is C=CCN1C(=O)C(Nc2cccc(OCCC)c2)=C(c2ccc(C)cc2C)C1=O. The molecule has 0 atom stereocenters. The Morgan fingerprint density at radius 2 is 1.90 bits per heavy atom. The number of carbonyl (C=O) groups excluding carboxylic acids is 2. The summed E-state index contributed by atoms with van der Waals surface area (Å²) in [6, 6.07) is 13.2. The van der Waals surface area contributed by atoms with Crippen LogP contribution < -0.4 is 10.1 Å². The minimum Gasteiger partial charge on any atom is -0.494 e. The van der Waals surface area contributed by atoms with E-state index in [1.807, 2.05) is 63.2 Å². The minimum atomic E-state index is -0.357. The smallest absolute Gasteiger partial charge is 0.278 e. The molecule has 1 heterocycles. The lowest BCUT2D eigenvalue weighted by Crippen LogP contribution is -2.32. The molecule has 150 valence electrons. The van der Waals surface area contributed by atoms with Crippen molar-refractivity contribution in [3.63, 3.8) is 0 Å². The lowest BCUT2D eigenvalue weighted by atomic mass is 9.97. The molecule has 0 bridgehead atoms. The molecule has 1 aliphatic rings. The highest BCUT2D eigenvalue weighted by atomic mass is 16.5. The number of carbonyl (C=O) groups is 2. The standard InChI is InChI=1S/C24H26N2O3/c1-5-12-26-23(27)21(20-11-10-16(3)14-17(20)4)22(24(26)28)25-18-8-7-9-19(15-18)29-13-6-2/h5,7-11,14-15,25H,1,6,12-13H2,2-4H3. The summed E-state index contributed by atoms with van der Waals surface area (Å²) in [6.45, 7) is 10.4. The van der Waals surface area contributed by atoms with E-state index in [1.54, 1.807) is 6.08 Å². The second-order valence-corrected chi connectivity index (χ2v) is 7.08. The molecule has 1 aliphatic heterocycles. The van der Waals surface area contributed by atoms with E-state index in [-0.39, 0.29) is 24.1 Å². The van der Waals surface area contributed by atoms with E-state index in [2.05, 4.69) is 11.9 Å². The van der Waals surface area contributed by atoms with Gasteiger partial charge in [-0.1, -0.05) is 42.8 Å². The van der Waals surface area contributed by atoms with Gasteiger partial charge in [0.2, 0.25) is 0 Å². The second kappa shape index (κ2) is 8.78. The van der Waals surface area contributed by atoms with E-state index in [4.69, 9.17) is 4.74 Å². The quantitative estimate of drug-likeness (QED) is 0.534. The van der Waals surface area contributed by atoms with Gasteiger partial charge in [0, 0.05) is 18.3 Å². The first-order chi connectivity index (χ1) is 14.0. The van der Waals surface area contributed by atoms with Gasteiger partial charge < -0.3 is 10.1 Å². The average molecular weight is 390 g/mol. The summed E-state index contributed by atoms with van der Waals surface area (Å²) >= 11 is 0. The summed E-state index contributed by atoms with van der Waals surface area (Å²) in [6.07, 6.45) is 2.46. The molecule has 2 amide bonds. The van der Waals surface area contributed by atoms with Crippen LogP contribution in [0.1, 0.15) is 30.0 Å². The van der Waals surface area contributed by atoms with Crippen LogP contribution in [0.4, 0.5) is 5.69 Å². The first kappa shape index (κ1) is 20.4. The molecule has 0 spiro atoms. The molecule has 0 radical (unpaired) electrons. The van der Waals surface area contributed by atoms with Crippen LogP contribution in [0.3, 0.4) is 0 Å². The average Bonchev–Trinajstić information content (AvgIpc) is 2.92. The molecule has 0 saturated carbocycles. The van der Waals surface area contributed by atoms with E-state index in [0.29, 0.717) is 23.6 Å². The molecule has 0 unspecified atom stereocenters. The molecular weight excluding hydrogens is 364 g/mol. The van der Waals surface area contributed by atoms with E-state index < -0.39 is 0 Å². The molecule has 2 aromatic carbocycles. The molecule has 0 aliphatic carbocycles. The number of aryl methyl sites for hydroxylation is 2. The number of benzene rings is 2.